The number of hydrogen-bond donors (Lipinski definition) is 1. The SMILES string of the molecule is OC[C@@]1(Cc2cccc(Cl)c2)CCCN(c2nccs2)C1. The fraction of sp³-hybridized carbons (Fsp3) is 0.438. The van der Waals surface area contributed by atoms with Gasteiger partial charge in [-0.2, -0.15) is 0 Å². The first-order valence-corrected chi connectivity index (χ1v) is 8.46. The smallest absolute Gasteiger partial charge is 0.185 e. The minimum atomic E-state index is -0.103. The van der Waals surface area contributed by atoms with E-state index in [4.69, 9.17) is 11.6 Å². The van der Waals surface area contributed by atoms with Crippen molar-refractivity contribution in [3.05, 3.63) is 46.4 Å². The molecule has 1 aliphatic rings. The second-order valence-electron chi connectivity index (χ2n) is 5.80. The molecule has 5 heteroatoms. The lowest BCUT2D eigenvalue weighted by molar-refractivity contribution is 0.105. The first-order chi connectivity index (χ1) is 10.2. The molecule has 112 valence electrons. The Morgan fingerprint density at radius 3 is 3.05 bits per heavy atom. The Balaban J connectivity index is 1.79. The standard InChI is InChI=1S/C16H19ClN2OS/c17-14-4-1-3-13(9-14)10-16(12-20)5-2-7-19(11-16)15-18-6-8-21-15/h1,3-4,6,8-9,20H,2,5,7,10-12H2/t16-/m1/s1. The average molecular weight is 323 g/mol. The molecule has 0 aliphatic carbocycles. The minimum absolute atomic E-state index is 0.103. The van der Waals surface area contributed by atoms with E-state index in [2.05, 4.69) is 16.0 Å². The van der Waals surface area contributed by atoms with Crippen LogP contribution in [0.3, 0.4) is 0 Å². The molecular formula is C16H19ClN2OS. The van der Waals surface area contributed by atoms with Gasteiger partial charge in [-0.15, -0.1) is 11.3 Å². The fourth-order valence-corrected chi connectivity index (χ4v) is 4.04. The highest BCUT2D eigenvalue weighted by Gasteiger charge is 2.36. The van der Waals surface area contributed by atoms with Crippen molar-refractivity contribution in [1.29, 1.82) is 0 Å². The van der Waals surface area contributed by atoms with Crippen molar-refractivity contribution in [1.82, 2.24) is 4.98 Å². The van der Waals surface area contributed by atoms with Crippen LogP contribution in [0.5, 0.6) is 0 Å². The van der Waals surface area contributed by atoms with Crippen molar-refractivity contribution in [2.75, 3.05) is 24.6 Å². The van der Waals surface area contributed by atoms with E-state index in [1.54, 1.807) is 11.3 Å². The number of benzene rings is 1. The van der Waals surface area contributed by atoms with Crippen molar-refractivity contribution in [2.45, 2.75) is 19.3 Å². The van der Waals surface area contributed by atoms with E-state index in [1.807, 2.05) is 29.8 Å². The summed E-state index contributed by atoms with van der Waals surface area (Å²) < 4.78 is 0. The monoisotopic (exact) mass is 322 g/mol. The van der Waals surface area contributed by atoms with Crippen LogP contribution in [-0.4, -0.2) is 29.8 Å². The van der Waals surface area contributed by atoms with Gasteiger partial charge in [-0.25, -0.2) is 4.98 Å². The number of aliphatic hydroxyl groups is 1. The molecule has 21 heavy (non-hydrogen) atoms. The van der Waals surface area contributed by atoms with Gasteiger partial charge in [-0.1, -0.05) is 23.7 Å². The van der Waals surface area contributed by atoms with Crippen LogP contribution in [-0.2, 0) is 6.42 Å². The molecule has 0 unspecified atom stereocenters. The first kappa shape index (κ1) is 14.8. The molecule has 0 radical (unpaired) electrons. The third-order valence-corrected chi connectivity index (χ3v) is 5.22. The summed E-state index contributed by atoms with van der Waals surface area (Å²) in [6.45, 7) is 2.07. The normalized spacial score (nSPS) is 22.5. The molecular weight excluding hydrogens is 304 g/mol. The lowest BCUT2D eigenvalue weighted by atomic mass is 9.76. The number of hydrogen-bond acceptors (Lipinski definition) is 4. The van der Waals surface area contributed by atoms with Crippen LogP contribution < -0.4 is 4.90 Å². The number of halogens is 1. The van der Waals surface area contributed by atoms with Crippen LogP contribution in [0.4, 0.5) is 5.13 Å². The number of aliphatic hydroxyl groups excluding tert-OH is 1. The predicted molar refractivity (Wildman–Crippen MR) is 88.2 cm³/mol. The van der Waals surface area contributed by atoms with Crippen molar-refractivity contribution < 1.29 is 5.11 Å². The molecule has 2 aromatic rings. The van der Waals surface area contributed by atoms with Crippen LogP contribution in [0.15, 0.2) is 35.8 Å². The Hall–Kier alpha value is -1.10. The molecule has 0 spiro atoms. The van der Waals surface area contributed by atoms with Gasteiger partial charge in [0.1, 0.15) is 0 Å². The molecule has 1 saturated heterocycles. The van der Waals surface area contributed by atoms with Gasteiger partial charge >= 0.3 is 0 Å². The fourth-order valence-electron chi connectivity index (χ4n) is 3.15. The van der Waals surface area contributed by atoms with Gasteiger partial charge in [-0.05, 0) is 37.0 Å². The summed E-state index contributed by atoms with van der Waals surface area (Å²) in [5.74, 6) is 0. The molecule has 1 aliphatic heterocycles. The maximum atomic E-state index is 10.0. The number of aromatic nitrogens is 1. The molecule has 0 bridgehead atoms. The summed E-state index contributed by atoms with van der Waals surface area (Å²) in [5, 5.41) is 13.8. The topological polar surface area (TPSA) is 36.4 Å². The van der Waals surface area contributed by atoms with Gasteiger partial charge in [0, 0.05) is 35.1 Å². The number of anilines is 1. The molecule has 1 aromatic carbocycles. The van der Waals surface area contributed by atoms with Crippen molar-refractivity contribution in [3.8, 4) is 0 Å². The highest BCUT2D eigenvalue weighted by Crippen LogP contribution is 2.36. The Morgan fingerprint density at radius 1 is 1.43 bits per heavy atom. The largest absolute Gasteiger partial charge is 0.396 e. The number of thiazole rings is 1. The zero-order chi connectivity index (χ0) is 14.7. The Labute approximate surface area is 134 Å². The number of piperidine rings is 1. The second kappa shape index (κ2) is 6.34. The minimum Gasteiger partial charge on any atom is -0.396 e. The molecule has 2 heterocycles. The van der Waals surface area contributed by atoms with Gasteiger partial charge in [0.2, 0.25) is 0 Å². The van der Waals surface area contributed by atoms with E-state index in [1.165, 1.54) is 5.56 Å². The van der Waals surface area contributed by atoms with Crippen LogP contribution in [0.2, 0.25) is 5.02 Å². The first-order valence-electron chi connectivity index (χ1n) is 7.21. The molecule has 3 nitrogen and oxygen atoms in total. The van der Waals surface area contributed by atoms with Gasteiger partial charge in [0.05, 0.1) is 6.61 Å². The Kier molecular flexibility index (Phi) is 4.48. The van der Waals surface area contributed by atoms with Crippen molar-refractivity contribution >= 4 is 28.1 Å². The highest BCUT2D eigenvalue weighted by molar-refractivity contribution is 7.13. The van der Waals surface area contributed by atoms with Crippen LogP contribution in [0.1, 0.15) is 18.4 Å². The van der Waals surface area contributed by atoms with E-state index in [-0.39, 0.29) is 12.0 Å². The molecule has 0 saturated carbocycles. The Bertz CT molecular complexity index is 590. The van der Waals surface area contributed by atoms with Crippen molar-refractivity contribution in [3.63, 3.8) is 0 Å². The van der Waals surface area contributed by atoms with E-state index in [0.29, 0.717) is 0 Å². The van der Waals surface area contributed by atoms with E-state index in [9.17, 15) is 5.11 Å². The van der Waals surface area contributed by atoms with Gasteiger partial charge in [0.15, 0.2) is 5.13 Å². The summed E-state index contributed by atoms with van der Waals surface area (Å²) in [5.41, 5.74) is 1.09. The summed E-state index contributed by atoms with van der Waals surface area (Å²) in [7, 11) is 0. The zero-order valence-corrected chi connectivity index (χ0v) is 13.4. The Morgan fingerprint density at radius 2 is 2.33 bits per heavy atom. The number of rotatable bonds is 4. The van der Waals surface area contributed by atoms with E-state index in [0.717, 1.165) is 42.5 Å². The lowest BCUT2D eigenvalue weighted by Gasteiger charge is -2.42. The predicted octanol–water partition coefficient (Wildman–Crippen LogP) is 3.62. The van der Waals surface area contributed by atoms with Gasteiger partial charge in [0.25, 0.3) is 0 Å². The molecule has 0 amide bonds. The third-order valence-electron chi connectivity index (χ3n) is 4.15. The maximum absolute atomic E-state index is 10.0. The lowest BCUT2D eigenvalue weighted by Crippen LogP contribution is -2.46. The van der Waals surface area contributed by atoms with Gasteiger partial charge < -0.3 is 10.0 Å². The molecule has 1 fully saturated rings. The summed E-state index contributed by atoms with van der Waals surface area (Å²) in [6, 6.07) is 7.95. The summed E-state index contributed by atoms with van der Waals surface area (Å²) >= 11 is 7.74. The molecule has 1 N–H and O–H groups in total. The quantitative estimate of drug-likeness (QED) is 0.934. The highest BCUT2D eigenvalue weighted by atomic mass is 35.5. The zero-order valence-electron chi connectivity index (χ0n) is 11.8. The molecule has 3 rings (SSSR count). The van der Waals surface area contributed by atoms with Crippen LogP contribution in [0, 0.1) is 5.41 Å². The summed E-state index contributed by atoms with van der Waals surface area (Å²) in [6.07, 6.45) is 4.82. The average Bonchev–Trinajstić information content (AvgIpc) is 3.02. The summed E-state index contributed by atoms with van der Waals surface area (Å²) in [4.78, 5) is 6.70. The maximum Gasteiger partial charge on any atom is 0.185 e. The van der Waals surface area contributed by atoms with E-state index >= 15 is 0 Å². The van der Waals surface area contributed by atoms with Gasteiger partial charge in [-0.3, -0.25) is 0 Å². The third kappa shape index (κ3) is 3.39. The van der Waals surface area contributed by atoms with Crippen LogP contribution in [0.25, 0.3) is 0 Å². The van der Waals surface area contributed by atoms with Crippen molar-refractivity contribution in [2.24, 2.45) is 5.41 Å². The molecule has 1 aromatic heterocycles. The second-order valence-corrected chi connectivity index (χ2v) is 7.11. The molecule has 1 atom stereocenters. The van der Waals surface area contributed by atoms with Crippen LogP contribution >= 0.6 is 22.9 Å². The number of nitrogens with zero attached hydrogens (tertiary/aromatic N) is 2. The van der Waals surface area contributed by atoms with E-state index < -0.39 is 0 Å².